The minimum Gasteiger partial charge on any atom is -0.295 e. The van der Waals surface area contributed by atoms with Crippen LogP contribution in [0.3, 0.4) is 0 Å². The fourth-order valence-electron chi connectivity index (χ4n) is 3.16. The van der Waals surface area contributed by atoms with Crippen LogP contribution < -0.4 is 0 Å². The number of aromatic nitrogens is 3. The summed E-state index contributed by atoms with van der Waals surface area (Å²) in [6.07, 6.45) is 7.00. The minimum absolute atomic E-state index is 0.570. The molecule has 1 fully saturated rings. The van der Waals surface area contributed by atoms with Crippen molar-refractivity contribution in [3.63, 3.8) is 0 Å². The number of nitrogens with zero attached hydrogens (tertiary/aromatic N) is 4. The zero-order valence-corrected chi connectivity index (χ0v) is 13.4. The highest BCUT2D eigenvalue weighted by atomic mass is 15.4. The molecule has 1 saturated heterocycles. The first kappa shape index (κ1) is 15.0. The summed E-state index contributed by atoms with van der Waals surface area (Å²) < 4.78 is 2.05. The van der Waals surface area contributed by atoms with Gasteiger partial charge in [-0.05, 0) is 38.8 Å². The molecule has 1 aliphatic rings. The highest BCUT2D eigenvalue weighted by molar-refractivity contribution is 5.48. The molecule has 0 radical (unpaired) electrons. The van der Waals surface area contributed by atoms with Crippen LogP contribution >= 0.6 is 0 Å². The molecule has 0 N–H and O–H groups in total. The number of rotatable bonds is 5. The number of benzene rings is 1. The van der Waals surface area contributed by atoms with Gasteiger partial charge in [0.15, 0.2) is 0 Å². The second-order valence-electron chi connectivity index (χ2n) is 5.99. The average molecular weight is 296 g/mol. The summed E-state index contributed by atoms with van der Waals surface area (Å²) in [5.41, 5.74) is 1.26. The lowest BCUT2D eigenvalue weighted by Gasteiger charge is -2.23. The molecular weight excluding hydrogens is 272 g/mol. The molecule has 2 aromatic rings. The fourth-order valence-corrected chi connectivity index (χ4v) is 3.16. The third-order valence-electron chi connectivity index (χ3n) is 4.30. The quantitative estimate of drug-likeness (QED) is 0.850. The van der Waals surface area contributed by atoms with Crippen molar-refractivity contribution in [3.05, 3.63) is 53.6 Å². The standard InChI is InChI=1S/C18H24N4/c1-15-19-16(2)22(20-15)14-18-11-7-13-21(18)12-6-10-17-8-4-3-5-9-17/h3-6,8-10,18H,7,11-14H2,1-2H3/b10-6-/t18-/m0/s1. The third kappa shape index (κ3) is 3.63. The first-order valence-electron chi connectivity index (χ1n) is 8.06. The molecule has 0 spiro atoms. The number of aryl methyl sites for hydroxylation is 2. The van der Waals surface area contributed by atoms with Gasteiger partial charge in [0.25, 0.3) is 0 Å². The van der Waals surface area contributed by atoms with Crippen LogP contribution in [0.1, 0.15) is 30.1 Å². The molecule has 0 aliphatic carbocycles. The highest BCUT2D eigenvalue weighted by Gasteiger charge is 2.24. The van der Waals surface area contributed by atoms with E-state index in [1.807, 2.05) is 13.8 Å². The maximum Gasteiger partial charge on any atom is 0.147 e. The highest BCUT2D eigenvalue weighted by Crippen LogP contribution is 2.19. The summed E-state index contributed by atoms with van der Waals surface area (Å²) in [5, 5.41) is 4.50. The Morgan fingerprint density at radius 2 is 2.05 bits per heavy atom. The molecule has 3 rings (SSSR count). The van der Waals surface area contributed by atoms with Gasteiger partial charge < -0.3 is 0 Å². The summed E-state index contributed by atoms with van der Waals surface area (Å²) in [4.78, 5) is 6.95. The van der Waals surface area contributed by atoms with E-state index in [4.69, 9.17) is 0 Å². The molecular formula is C18H24N4. The van der Waals surface area contributed by atoms with Crippen molar-refractivity contribution in [3.8, 4) is 0 Å². The Labute approximate surface area is 132 Å². The van der Waals surface area contributed by atoms with E-state index < -0.39 is 0 Å². The third-order valence-corrected chi connectivity index (χ3v) is 4.30. The summed E-state index contributed by atoms with van der Waals surface area (Å²) >= 11 is 0. The van der Waals surface area contributed by atoms with Crippen molar-refractivity contribution in [2.45, 2.75) is 39.3 Å². The van der Waals surface area contributed by atoms with E-state index >= 15 is 0 Å². The molecule has 1 atom stereocenters. The summed E-state index contributed by atoms with van der Waals surface area (Å²) in [6.45, 7) is 7.13. The zero-order chi connectivity index (χ0) is 15.4. The van der Waals surface area contributed by atoms with E-state index in [1.54, 1.807) is 0 Å². The molecule has 22 heavy (non-hydrogen) atoms. The molecule has 1 aromatic heterocycles. The van der Waals surface area contributed by atoms with Gasteiger partial charge in [-0.1, -0.05) is 42.5 Å². The molecule has 0 bridgehead atoms. The van der Waals surface area contributed by atoms with Crippen LogP contribution in [0.25, 0.3) is 6.08 Å². The summed E-state index contributed by atoms with van der Waals surface area (Å²) in [5.74, 6) is 1.88. The van der Waals surface area contributed by atoms with Gasteiger partial charge >= 0.3 is 0 Å². The van der Waals surface area contributed by atoms with E-state index in [2.05, 4.69) is 62.1 Å². The Balaban J connectivity index is 1.59. The second-order valence-corrected chi connectivity index (χ2v) is 5.99. The topological polar surface area (TPSA) is 34.0 Å². The van der Waals surface area contributed by atoms with Crippen molar-refractivity contribution in [2.24, 2.45) is 0 Å². The molecule has 116 valence electrons. The molecule has 4 heteroatoms. The first-order valence-corrected chi connectivity index (χ1v) is 8.06. The maximum absolute atomic E-state index is 4.50. The van der Waals surface area contributed by atoms with E-state index in [0.29, 0.717) is 6.04 Å². The lowest BCUT2D eigenvalue weighted by molar-refractivity contribution is 0.248. The van der Waals surface area contributed by atoms with Crippen molar-refractivity contribution in [2.75, 3.05) is 13.1 Å². The van der Waals surface area contributed by atoms with E-state index in [-0.39, 0.29) is 0 Å². The van der Waals surface area contributed by atoms with Crippen LogP contribution in [0.2, 0.25) is 0 Å². The van der Waals surface area contributed by atoms with E-state index in [1.165, 1.54) is 24.9 Å². The molecule has 0 amide bonds. The van der Waals surface area contributed by atoms with E-state index in [0.717, 1.165) is 24.7 Å². The maximum atomic E-state index is 4.50. The van der Waals surface area contributed by atoms with Crippen molar-refractivity contribution in [1.82, 2.24) is 19.7 Å². The van der Waals surface area contributed by atoms with Gasteiger partial charge in [0.1, 0.15) is 11.6 Å². The van der Waals surface area contributed by atoms with Crippen LogP contribution in [0, 0.1) is 13.8 Å². The monoisotopic (exact) mass is 296 g/mol. The van der Waals surface area contributed by atoms with Gasteiger partial charge in [-0.15, -0.1) is 0 Å². The predicted molar refractivity (Wildman–Crippen MR) is 89.6 cm³/mol. The van der Waals surface area contributed by atoms with Crippen molar-refractivity contribution < 1.29 is 0 Å². The lowest BCUT2D eigenvalue weighted by Crippen LogP contribution is -2.33. The van der Waals surface area contributed by atoms with Gasteiger partial charge in [0, 0.05) is 12.6 Å². The number of hydrogen-bond acceptors (Lipinski definition) is 3. The zero-order valence-electron chi connectivity index (χ0n) is 13.4. The second kappa shape index (κ2) is 6.88. The molecule has 0 saturated carbocycles. The van der Waals surface area contributed by atoms with Crippen LogP contribution in [-0.4, -0.2) is 38.8 Å². The molecule has 2 heterocycles. The minimum atomic E-state index is 0.570. The van der Waals surface area contributed by atoms with Gasteiger partial charge in [-0.2, -0.15) is 5.10 Å². The fraction of sp³-hybridized carbons (Fsp3) is 0.444. The Bertz CT molecular complexity index is 630. The van der Waals surface area contributed by atoms with Gasteiger partial charge in [0.2, 0.25) is 0 Å². The normalized spacial score (nSPS) is 19.3. The molecule has 0 unspecified atom stereocenters. The van der Waals surface area contributed by atoms with Crippen LogP contribution in [0.5, 0.6) is 0 Å². The first-order chi connectivity index (χ1) is 10.7. The summed E-state index contributed by atoms with van der Waals surface area (Å²) in [6, 6.07) is 11.1. The van der Waals surface area contributed by atoms with Gasteiger partial charge in [0.05, 0.1) is 6.54 Å². The molecule has 4 nitrogen and oxygen atoms in total. The largest absolute Gasteiger partial charge is 0.295 e. The Morgan fingerprint density at radius 1 is 1.23 bits per heavy atom. The van der Waals surface area contributed by atoms with E-state index in [9.17, 15) is 0 Å². The smallest absolute Gasteiger partial charge is 0.147 e. The van der Waals surface area contributed by atoms with Crippen LogP contribution in [0.4, 0.5) is 0 Å². The summed E-state index contributed by atoms with van der Waals surface area (Å²) in [7, 11) is 0. The average Bonchev–Trinajstić information content (AvgIpc) is 3.07. The molecule has 1 aromatic carbocycles. The predicted octanol–water partition coefficient (Wildman–Crippen LogP) is 3.07. The lowest BCUT2D eigenvalue weighted by atomic mass is 10.2. The van der Waals surface area contributed by atoms with Crippen molar-refractivity contribution >= 4 is 6.08 Å². The van der Waals surface area contributed by atoms with Crippen molar-refractivity contribution in [1.29, 1.82) is 0 Å². The molecule has 1 aliphatic heterocycles. The number of hydrogen-bond donors (Lipinski definition) is 0. The van der Waals surface area contributed by atoms with Crippen LogP contribution in [-0.2, 0) is 6.54 Å². The van der Waals surface area contributed by atoms with Gasteiger partial charge in [-0.25, -0.2) is 9.67 Å². The Kier molecular flexibility index (Phi) is 4.68. The van der Waals surface area contributed by atoms with Gasteiger partial charge in [-0.3, -0.25) is 4.90 Å². The number of likely N-dealkylation sites (tertiary alicyclic amines) is 1. The Morgan fingerprint density at radius 3 is 2.77 bits per heavy atom. The van der Waals surface area contributed by atoms with Crippen LogP contribution in [0.15, 0.2) is 36.4 Å². The SMILES string of the molecule is Cc1nc(C)n(C[C@@H]2CCCN2C/C=C\c2ccccc2)n1. The Hall–Kier alpha value is -1.94.